The van der Waals surface area contributed by atoms with Crippen molar-refractivity contribution in [1.82, 2.24) is 25.2 Å². The number of alkyl carbamates (subject to hydrolysis) is 1. The van der Waals surface area contributed by atoms with Crippen LogP contribution >= 0.6 is 0 Å². The molecule has 1 aliphatic heterocycles. The number of benzene rings is 2. The molecule has 0 radical (unpaired) electrons. The van der Waals surface area contributed by atoms with E-state index in [4.69, 9.17) is 19.9 Å². The fraction of sp³-hybridized carbons (Fsp3) is 0.564. The van der Waals surface area contributed by atoms with Gasteiger partial charge in [0.05, 0.1) is 16.4 Å². The number of hydrogen-bond acceptors (Lipinski definition) is 13. The SMILES string of the molecule is CCOC(=O)CN(C)C(=O)[C@H](CN(C)S(=O)(=O)c1ccccc1[N+](=O)[O-])NC(=O)[C@H](CCCNC(N)=NS(=O)(=O)c1c(C)c(C)c2c(c1C)CC(C)(C)O2)NC(=O)OC(C)(C)C. The van der Waals surface area contributed by atoms with Crippen LogP contribution in [0.4, 0.5) is 10.5 Å². The summed E-state index contributed by atoms with van der Waals surface area (Å²) < 4.78 is 75.3. The summed E-state index contributed by atoms with van der Waals surface area (Å²) in [5.74, 6) is -2.53. The van der Waals surface area contributed by atoms with Crippen LogP contribution < -0.4 is 26.4 Å². The third-order valence-electron chi connectivity index (χ3n) is 9.60. The molecule has 0 fully saturated rings. The number of ether oxygens (including phenoxy) is 3. The summed E-state index contributed by atoms with van der Waals surface area (Å²) in [6.07, 6.45) is -0.644. The first-order valence-corrected chi connectivity index (χ1v) is 22.5. The fourth-order valence-electron chi connectivity index (χ4n) is 6.63. The minimum atomic E-state index is -4.66. The van der Waals surface area contributed by atoms with Gasteiger partial charge in [0.2, 0.25) is 27.8 Å². The number of amides is 3. The van der Waals surface area contributed by atoms with E-state index in [1.165, 1.54) is 19.2 Å². The molecule has 0 spiro atoms. The van der Waals surface area contributed by atoms with Gasteiger partial charge in [0, 0.05) is 45.2 Å². The molecular formula is C39H58N8O13S2. The average molecular weight is 911 g/mol. The molecule has 1 heterocycles. The van der Waals surface area contributed by atoms with Gasteiger partial charge in [-0.15, -0.1) is 4.40 Å². The Kier molecular flexibility index (Phi) is 16.5. The van der Waals surface area contributed by atoms with Crippen molar-refractivity contribution in [2.24, 2.45) is 10.1 Å². The van der Waals surface area contributed by atoms with Gasteiger partial charge in [0.15, 0.2) is 4.90 Å². The summed E-state index contributed by atoms with van der Waals surface area (Å²) in [6.45, 7) is 13.8. The van der Waals surface area contributed by atoms with Crippen molar-refractivity contribution in [2.45, 2.75) is 115 Å². The van der Waals surface area contributed by atoms with Crippen LogP contribution in [0.15, 0.2) is 38.5 Å². The zero-order valence-electron chi connectivity index (χ0n) is 36.9. The number of fused-ring (bicyclic) bond motifs is 1. The van der Waals surface area contributed by atoms with Gasteiger partial charge in [-0.1, -0.05) is 12.1 Å². The number of nitrogens with two attached hydrogens (primary N) is 1. The molecule has 5 N–H and O–H groups in total. The van der Waals surface area contributed by atoms with Gasteiger partial charge in [0.1, 0.15) is 35.6 Å². The minimum absolute atomic E-state index is 0.000168. The number of likely N-dealkylation sites (N-methyl/N-ethyl adjacent to an activating group) is 2. The normalized spacial score (nSPS) is 14.8. The van der Waals surface area contributed by atoms with Gasteiger partial charge < -0.3 is 40.8 Å². The van der Waals surface area contributed by atoms with Crippen LogP contribution in [0.1, 0.15) is 76.6 Å². The van der Waals surface area contributed by atoms with Crippen molar-refractivity contribution in [3.8, 4) is 5.75 Å². The molecule has 23 heteroatoms. The van der Waals surface area contributed by atoms with Crippen LogP contribution in [0.3, 0.4) is 0 Å². The molecule has 1 aliphatic rings. The molecule has 0 aromatic heterocycles. The number of carbonyl (C=O) groups is 4. The van der Waals surface area contributed by atoms with Crippen molar-refractivity contribution in [1.29, 1.82) is 0 Å². The topological polar surface area (TPSA) is 288 Å². The molecule has 21 nitrogen and oxygen atoms in total. The van der Waals surface area contributed by atoms with Crippen LogP contribution in [0.2, 0.25) is 0 Å². The first-order valence-electron chi connectivity index (χ1n) is 19.6. The molecule has 0 saturated carbocycles. The molecule has 0 saturated heterocycles. The number of hydrogen-bond donors (Lipinski definition) is 4. The van der Waals surface area contributed by atoms with Crippen molar-refractivity contribution in [2.75, 3.05) is 40.3 Å². The number of nitrogens with one attached hydrogen (secondary N) is 3. The zero-order chi connectivity index (χ0) is 47.1. The summed E-state index contributed by atoms with van der Waals surface area (Å²) in [5, 5.41) is 19.3. The molecule has 344 valence electrons. The van der Waals surface area contributed by atoms with Crippen LogP contribution in [-0.2, 0) is 50.3 Å². The highest BCUT2D eigenvalue weighted by Crippen LogP contribution is 2.44. The summed E-state index contributed by atoms with van der Waals surface area (Å²) in [7, 11) is -6.73. The molecule has 2 atom stereocenters. The predicted molar refractivity (Wildman–Crippen MR) is 227 cm³/mol. The Labute approximate surface area is 362 Å². The van der Waals surface area contributed by atoms with Gasteiger partial charge in [-0.25, -0.2) is 13.2 Å². The minimum Gasteiger partial charge on any atom is -0.487 e. The van der Waals surface area contributed by atoms with Crippen molar-refractivity contribution < 1.29 is 55.1 Å². The van der Waals surface area contributed by atoms with Gasteiger partial charge in [0.25, 0.3) is 15.7 Å². The molecule has 62 heavy (non-hydrogen) atoms. The second kappa shape index (κ2) is 20.1. The Morgan fingerprint density at radius 1 is 1.02 bits per heavy atom. The van der Waals surface area contributed by atoms with Crippen molar-refractivity contribution in [3.05, 3.63) is 56.6 Å². The number of nitrogens with zero attached hydrogens (tertiary/aromatic N) is 4. The summed E-state index contributed by atoms with van der Waals surface area (Å²) >= 11 is 0. The average Bonchev–Trinajstić information content (AvgIpc) is 3.49. The molecular weight excluding hydrogens is 853 g/mol. The second-order valence-corrected chi connectivity index (χ2v) is 19.9. The van der Waals surface area contributed by atoms with Gasteiger partial charge in [-0.05, 0) is 97.9 Å². The number of esters is 1. The van der Waals surface area contributed by atoms with Crippen LogP contribution in [0.5, 0.6) is 5.75 Å². The molecule has 2 aromatic rings. The van der Waals surface area contributed by atoms with Gasteiger partial charge in [-0.2, -0.15) is 12.7 Å². The number of nitro benzene ring substituents is 1. The zero-order valence-corrected chi connectivity index (χ0v) is 38.5. The third kappa shape index (κ3) is 13.0. The lowest BCUT2D eigenvalue weighted by Gasteiger charge is -2.29. The highest BCUT2D eigenvalue weighted by Gasteiger charge is 2.38. The van der Waals surface area contributed by atoms with Crippen LogP contribution in [0.25, 0.3) is 0 Å². The number of nitro groups is 1. The monoisotopic (exact) mass is 910 g/mol. The Balaban J connectivity index is 1.89. The molecule has 0 bridgehead atoms. The molecule has 3 amide bonds. The third-order valence-corrected chi connectivity index (χ3v) is 13.0. The van der Waals surface area contributed by atoms with E-state index >= 15 is 0 Å². The van der Waals surface area contributed by atoms with E-state index in [1.807, 2.05) is 13.8 Å². The first-order chi connectivity index (χ1) is 28.5. The number of para-hydroxylation sites is 1. The summed E-state index contributed by atoms with van der Waals surface area (Å²) in [4.78, 5) is 64.0. The Morgan fingerprint density at radius 2 is 1.65 bits per heavy atom. The smallest absolute Gasteiger partial charge is 0.408 e. The van der Waals surface area contributed by atoms with E-state index in [0.717, 1.165) is 29.6 Å². The predicted octanol–water partition coefficient (Wildman–Crippen LogP) is 2.33. The van der Waals surface area contributed by atoms with Crippen LogP contribution in [-0.4, -0.2) is 124 Å². The van der Waals surface area contributed by atoms with Crippen molar-refractivity contribution >= 4 is 55.6 Å². The van der Waals surface area contributed by atoms with Crippen LogP contribution in [0, 0.1) is 30.9 Å². The van der Waals surface area contributed by atoms with Crippen molar-refractivity contribution in [3.63, 3.8) is 0 Å². The van der Waals surface area contributed by atoms with E-state index < -0.39 is 102 Å². The fourth-order valence-corrected chi connectivity index (χ4v) is 9.43. The maximum absolute atomic E-state index is 14.0. The summed E-state index contributed by atoms with van der Waals surface area (Å²) in [6, 6.07) is 1.40. The number of rotatable bonds is 18. The number of carbonyl (C=O) groups excluding carboxylic acids is 4. The van der Waals surface area contributed by atoms with Gasteiger partial charge >= 0.3 is 12.1 Å². The number of guanidine groups is 1. The van der Waals surface area contributed by atoms with E-state index in [0.29, 0.717) is 33.2 Å². The van der Waals surface area contributed by atoms with Gasteiger partial charge in [-0.3, -0.25) is 24.5 Å². The molecule has 2 aromatic carbocycles. The lowest BCUT2D eigenvalue weighted by molar-refractivity contribution is -0.387. The Bertz CT molecular complexity index is 2310. The summed E-state index contributed by atoms with van der Waals surface area (Å²) in [5.41, 5.74) is 6.20. The highest BCUT2D eigenvalue weighted by atomic mass is 32.2. The quantitative estimate of drug-likeness (QED) is 0.0417. The lowest BCUT2D eigenvalue weighted by Crippen LogP contribution is -2.58. The number of sulfonamides is 2. The maximum Gasteiger partial charge on any atom is 0.408 e. The maximum atomic E-state index is 14.0. The standard InChI is InChI=1S/C39H58N8O13S2/c1-12-58-31(48)22-45(10)35(50)28(21-46(11)62(56,57)30-18-14-13-17-29(30)47(52)53)42-34(49)27(43-37(51)60-38(5,6)7)16-15-19-41-36(40)44-61(54,55)33-24(3)23(2)32-26(25(33)4)20-39(8,9)59-32/h13-14,17-18,27-28H,12,15-16,19-22H2,1-11H3,(H,42,49)(H,43,51)(H3,40,41,44)/t27-,28-/m0/s1. The van der Waals surface area contributed by atoms with E-state index in [9.17, 15) is 46.1 Å². The highest BCUT2D eigenvalue weighted by molar-refractivity contribution is 7.90. The Morgan fingerprint density at radius 3 is 2.24 bits per heavy atom. The molecule has 0 unspecified atom stereocenters. The lowest BCUT2D eigenvalue weighted by atomic mass is 9.94. The first kappa shape index (κ1) is 50.8. The Hall–Kier alpha value is -5.55. The van der Waals surface area contributed by atoms with E-state index in [2.05, 4.69) is 20.3 Å². The van der Waals surface area contributed by atoms with E-state index in [-0.39, 0.29) is 30.9 Å². The molecule has 0 aliphatic carbocycles. The second-order valence-electron chi connectivity index (χ2n) is 16.3. The molecule has 3 rings (SSSR count). The van der Waals surface area contributed by atoms with E-state index in [1.54, 1.807) is 48.5 Å². The largest absolute Gasteiger partial charge is 0.487 e.